The number of benzene rings is 3. The summed E-state index contributed by atoms with van der Waals surface area (Å²) in [6.07, 6.45) is 0. The summed E-state index contributed by atoms with van der Waals surface area (Å²) in [4.78, 5) is 14.2. The van der Waals surface area contributed by atoms with Gasteiger partial charge in [0, 0.05) is 23.3 Å². The van der Waals surface area contributed by atoms with E-state index in [0.29, 0.717) is 5.56 Å². The predicted molar refractivity (Wildman–Crippen MR) is 115 cm³/mol. The molecular weight excluding hydrogens is 376 g/mol. The number of piperazine rings is 1. The molecule has 1 aliphatic rings. The van der Waals surface area contributed by atoms with Gasteiger partial charge in [0.1, 0.15) is 12.1 Å². The van der Waals surface area contributed by atoms with E-state index < -0.39 is 4.92 Å². The van der Waals surface area contributed by atoms with Crippen molar-refractivity contribution in [1.29, 1.82) is 5.26 Å². The highest BCUT2D eigenvalue weighted by Crippen LogP contribution is 2.26. The predicted octanol–water partition coefficient (Wildman–Crippen LogP) is 2.96. The average Bonchev–Trinajstić information content (AvgIpc) is 2.81. The number of quaternary nitrogens is 1. The molecule has 1 N–H and O–H groups in total. The van der Waals surface area contributed by atoms with Crippen LogP contribution in [0.1, 0.15) is 22.7 Å². The highest BCUT2D eigenvalue weighted by atomic mass is 16.6. The molecule has 0 spiro atoms. The van der Waals surface area contributed by atoms with Gasteiger partial charge in [0.25, 0.3) is 5.69 Å². The zero-order valence-electron chi connectivity index (χ0n) is 16.6. The van der Waals surface area contributed by atoms with Crippen molar-refractivity contribution in [3.8, 4) is 6.07 Å². The molecule has 3 aromatic carbocycles. The second kappa shape index (κ2) is 8.76. The second-order valence-corrected chi connectivity index (χ2v) is 7.47. The van der Waals surface area contributed by atoms with E-state index in [9.17, 15) is 15.4 Å². The summed E-state index contributed by atoms with van der Waals surface area (Å²) in [6.45, 7) is 3.41. The molecule has 6 nitrogen and oxygen atoms in total. The first-order chi connectivity index (χ1) is 14.7. The Bertz CT molecular complexity index is 1020. The summed E-state index contributed by atoms with van der Waals surface area (Å²) in [5, 5.41) is 20.5. The third-order valence-electron chi connectivity index (χ3n) is 5.73. The van der Waals surface area contributed by atoms with E-state index in [2.05, 4.69) is 59.5 Å². The number of anilines is 1. The van der Waals surface area contributed by atoms with Gasteiger partial charge in [0.15, 0.2) is 0 Å². The van der Waals surface area contributed by atoms with E-state index in [1.165, 1.54) is 28.2 Å². The monoisotopic (exact) mass is 399 g/mol. The van der Waals surface area contributed by atoms with Crippen LogP contribution in [0.5, 0.6) is 0 Å². The van der Waals surface area contributed by atoms with Gasteiger partial charge in [0.2, 0.25) is 0 Å². The third kappa shape index (κ3) is 4.02. The van der Waals surface area contributed by atoms with E-state index in [4.69, 9.17) is 0 Å². The Morgan fingerprint density at radius 2 is 1.50 bits per heavy atom. The standard InChI is InChI=1S/C24H22N4O2/c25-18-21-17-22(28(29)30)11-12-23(21)26-13-15-27(16-14-26)24(19-7-3-1-4-8-19)20-9-5-2-6-10-20/h1-12,17,24H,13-16H2/p+1. The lowest BCUT2D eigenvalue weighted by atomic mass is 9.96. The fourth-order valence-corrected chi connectivity index (χ4v) is 4.28. The lowest BCUT2D eigenvalue weighted by Gasteiger charge is -2.38. The number of nitro groups is 1. The van der Waals surface area contributed by atoms with Gasteiger partial charge in [-0.3, -0.25) is 10.1 Å². The van der Waals surface area contributed by atoms with Gasteiger partial charge in [-0.2, -0.15) is 5.26 Å². The minimum absolute atomic E-state index is 0.0484. The molecule has 1 heterocycles. The minimum atomic E-state index is -0.461. The topological polar surface area (TPSA) is 74.6 Å². The molecule has 4 rings (SSSR count). The lowest BCUT2D eigenvalue weighted by Crippen LogP contribution is -3.15. The molecule has 0 radical (unpaired) electrons. The van der Waals surface area contributed by atoms with Crippen LogP contribution >= 0.6 is 0 Å². The molecule has 0 amide bonds. The number of nitriles is 1. The molecule has 6 heteroatoms. The largest absolute Gasteiger partial charge is 0.359 e. The first-order valence-corrected chi connectivity index (χ1v) is 10.1. The van der Waals surface area contributed by atoms with Gasteiger partial charge >= 0.3 is 0 Å². The number of hydrogen-bond acceptors (Lipinski definition) is 4. The maximum atomic E-state index is 11.0. The Kier molecular flexibility index (Phi) is 5.73. The molecule has 30 heavy (non-hydrogen) atoms. The average molecular weight is 399 g/mol. The fraction of sp³-hybridized carbons (Fsp3) is 0.208. The van der Waals surface area contributed by atoms with E-state index in [1.54, 1.807) is 6.07 Å². The minimum Gasteiger partial charge on any atom is -0.359 e. The van der Waals surface area contributed by atoms with Crippen LogP contribution in [-0.4, -0.2) is 31.1 Å². The van der Waals surface area contributed by atoms with Crippen molar-refractivity contribution in [2.75, 3.05) is 31.1 Å². The van der Waals surface area contributed by atoms with Crippen molar-refractivity contribution in [2.45, 2.75) is 6.04 Å². The number of hydrogen-bond donors (Lipinski definition) is 1. The summed E-state index contributed by atoms with van der Waals surface area (Å²) in [5.41, 5.74) is 3.67. The molecule has 1 aliphatic heterocycles. The Hall–Kier alpha value is -3.69. The van der Waals surface area contributed by atoms with Crippen LogP contribution in [0, 0.1) is 21.4 Å². The SMILES string of the molecule is N#Cc1cc([N+](=O)[O-])ccc1N1CC[NH+](C(c2ccccc2)c2ccccc2)CC1. The lowest BCUT2D eigenvalue weighted by molar-refractivity contribution is -0.926. The number of rotatable bonds is 5. The Balaban J connectivity index is 1.56. The molecule has 0 atom stereocenters. The van der Waals surface area contributed by atoms with Crippen molar-refractivity contribution in [2.24, 2.45) is 0 Å². The molecule has 0 saturated carbocycles. The molecule has 0 unspecified atom stereocenters. The molecular formula is C24H23N4O2+. The van der Waals surface area contributed by atoms with E-state index >= 15 is 0 Å². The number of nitro benzene ring substituents is 1. The zero-order valence-corrected chi connectivity index (χ0v) is 16.6. The first-order valence-electron chi connectivity index (χ1n) is 10.1. The smallest absolute Gasteiger partial charge is 0.270 e. The Labute approximate surface area is 175 Å². The van der Waals surface area contributed by atoms with Gasteiger partial charge in [-0.05, 0) is 6.07 Å². The van der Waals surface area contributed by atoms with E-state index in [1.807, 2.05) is 12.1 Å². The summed E-state index contributed by atoms with van der Waals surface area (Å²) in [5.74, 6) is 0. The van der Waals surface area contributed by atoms with Crippen LogP contribution in [-0.2, 0) is 0 Å². The summed E-state index contributed by atoms with van der Waals surface area (Å²) in [7, 11) is 0. The molecule has 1 saturated heterocycles. The third-order valence-corrected chi connectivity index (χ3v) is 5.73. The molecule has 0 aromatic heterocycles. The van der Waals surface area contributed by atoms with Crippen LogP contribution in [0.3, 0.4) is 0 Å². The molecule has 1 fully saturated rings. The maximum Gasteiger partial charge on any atom is 0.270 e. The summed E-state index contributed by atoms with van der Waals surface area (Å²) < 4.78 is 0. The van der Waals surface area contributed by atoms with Crippen LogP contribution in [0.25, 0.3) is 0 Å². The fourth-order valence-electron chi connectivity index (χ4n) is 4.28. The number of non-ortho nitro benzene ring substituents is 1. The van der Waals surface area contributed by atoms with Crippen molar-refractivity contribution in [3.63, 3.8) is 0 Å². The number of nitrogens with one attached hydrogen (secondary N) is 1. The molecule has 3 aromatic rings. The van der Waals surface area contributed by atoms with Crippen molar-refractivity contribution in [1.82, 2.24) is 0 Å². The highest BCUT2D eigenvalue weighted by molar-refractivity contribution is 5.63. The van der Waals surface area contributed by atoms with Gasteiger partial charge in [0.05, 0.1) is 42.4 Å². The van der Waals surface area contributed by atoms with Crippen LogP contribution in [0.4, 0.5) is 11.4 Å². The van der Waals surface area contributed by atoms with E-state index in [0.717, 1.165) is 31.9 Å². The molecule has 0 aliphatic carbocycles. The maximum absolute atomic E-state index is 11.0. The van der Waals surface area contributed by atoms with Gasteiger partial charge in [-0.25, -0.2) is 0 Å². The Morgan fingerprint density at radius 1 is 0.933 bits per heavy atom. The van der Waals surface area contributed by atoms with Crippen LogP contribution in [0.15, 0.2) is 78.9 Å². The molecule has 150 valence electrons. The summed E-state index contributed by atoms with van der Waals surface area (Å²) in [6, 6.07) is 28.0. The number of nitrogens with zero attached hydrogens (tertiary/aromatic N) is 3. The van der Waals surface area contributed by atoms with Gasteiger partial charge in [-0.15, -0.1) is 0 Å². The van der Waals surface area contributed by atoms with Crippen LogP contribution in [0.2, 0.25) is 0 Å². The van der Waals surface area contributed by atoms with E-state index in [-0.39, 0.29) is 11.7 Å². The quantitative estimate of drug-likeness (QED) is 0.529. The Morgan fingerprint density at radius 3 is 2.00 bits per heavy atom. The zero-order chi connectivity index (χ0) is 20.9. The van der Waals surface area contributed by atoms with Crippen molar-refractivity contribution < 1.29 is 9.82 Å². The van der Waals surface area contributed by atoms with Crippen molar-refractivity contribution in [3.05, 3.63) is 106 Å². The first kappa shape index (κ1) is 19.6. The normalized spacial score (nSPS) is 14.5. The van der Waals surface area contributed by atoms with Crippen molar-refractivity contribution >= 4 is 11.4 Å². The van der Waals surface area contributed by atoms with Crippen LogP contribution < -0.4 is 9.80 Å². The molecule has 0 bridgehead atoms. The van der Waals surface area contributed by atoms with Gasteiger partial charge in [-0.1, -0.05) is 60.7 Å². The summed E-state index contributed by atoms with van der Waals surface area (Å²) >= 11 is 0. The highest BCUT2D eigenvalue weighted by Gasteiger charge is 2.30. The van der Waals surface area contributed by atoms with Gasteiger partial charge < -0.3 is 9.80 Å². The second-order valence-electron chi connectivity index (χ2n) is 7.47.